The first kappa shape index (κ1) is 19.6. The molecule has 1 amide bonds. The van der Waals surface area contributed by atoms with Crippen LogP contribution in [0.15, 0.2) is 36.4 Å². The van der Waals surface area contributed by atoms with E-state index in [2.05, 4.69) is 20.7 Å². The second kappa shape index (κ2) is 7.53. The van der Waals surface area contributed by atoms with E-state index < -0.39 is 0 Å². The van der Waals surface area contributed by atoms with Crippen LogP contribution < -0.4 is 9.47 Å². The summed E-state index contributed by atoms with van der Waals surface area (Å²) in [5.41, 5.74) is 3.73. The lowest BCUT2D eigenvalue weighted by atomic mass is 9.92. The van der Waals surface area contributed by atoms with Crippen LogP contribution in [0, 0.1) is 12.5 Å². The van der Waals surface area contributed by atoms with Gasteiger partial charge in [0, 0.05) is 18.7 Å². The summed E-state index contributed by atoms with van der Waals surface area (Å²) in [6.45, 7) is 11.4. The first-order valence-electron chi connectivity index (χ1n) is 11.6. The van der Waals surface area contributed by atoms with Crippen LogP contribution in [0.2, 0.25) is 0 Å². The van der Waals surface area contributed by atoms with Crippen molar-refractivity contribution in [3.63, 3.8) is 0 Å². The fourth-order valence-electron chi connectivity index (χ4n) is 5.70. The van der Waals surface area contributed by atoms with Gasteiger partial charge in [0.2, 0.25) is 6.79 Å². The molecule has 6 nitrogen and oxygen atoms in total. The molecule has 164 valence electrons. The van der Waals surface area contributed by atoms with Crippen molar-refractivity contribution in [3.8, 4) is 11.5 Å². The van der Waals surface area contributed by atoms with E-state index in [9.17, 15) is 4.79 Å². The number of hydrogen-bond acceptors (Lipinski definition) is 4. The summed E-state index contributed by atoms with van der Waals surface area (Å²) in [5.74, 6) is 2.27. The molecular weight excluding hydrogens is 402 g/mol. The minimum atomic E-state index is -0.0996. The Labute approximate surface area is 188 Å². The zero-order valence-electron chi connectivity index (χ0n) is 18.2. The first-order chi connectivity index (χ1) is 15.7. The maximum Gasteiger partial charge on any atom is 0.255 e. The van der Waals surface area contributed by atoms with E-state index in [1.54, 1.807) is 0 Å². The van der Waals surface area contributed by atoms with E-state index in [1.807, 2.05) is 30.3 Å². The number of hydrogen-bond donors (Lipinski definition) is 0. The lowest BCUT2D eigenvalue weighted by Crippen LogP contribution is -2.37. The highest BCUT2D eigenvalue weighted by molar-refractivity contribution is 6.01. The third-order valence-electron chi connectivity index (χ3n) is 7.70. The highest BCUT2D eigenvalue weighted by Crippen LogP contribution is 2.58. The molecule has 1 saturated heterocycles. The Hall–Kier alpha value is -3.04. The number of piperidine rings is 1. The van der Waals surface area contributed by atoms with Crippen molar-refractivity contribution in [2.75, 3.05) is 26.4 Å². The van der Waals surface area contributed by atoms with Crippen LogP contribution >= 0.6 is 0 Å². The van der Waals surface area contributed by atoms with Gasteiger partial charge < -0.3 is 19.3 Å². The normalized spacial score (nSPS) is 21.1. The predicted octanol–water partition coefficient (Wildman–Crippen LogP) is 4.71. The molecular formula is C26H27N3O3. The highest BCUT2D eigenvalue weighted by Gasteiger charge is 2.58. The fraction of sp³-hybridized carbons (Fsp3) is 0.462. The van der Waals surface area contributed by atoms with Crippen molar-refractivity contribution < 1.29 is 14.3 Å². The minimum Gasteiger partial charge on any atom is -0.454 e. The molecule has 32 heavy (non-hydrogen) atoms. The van der Waals surface area contributed by atoms with E-state index in [1.165, 1.54) is 0 Å². The van der Waals surface area contributed by atoms with Gasteiger partial charge >= 0.3 is 0 Å². The largest absolute Gasteiger partial charge is 0.454 e. The van der Waals surface area contributed by atoms with Gasteiger partial charge in [-0.15, -0.1) is 0 Å². The summed E-state index contributed by atoms with van der Waals surface area (Å²) in [4.78, 5) is 21.5. The zero-order valence-corrected chi connectivity index (χ0v) is 18.2. The summed E-state index contributed by atoms with van der Waals surface area (Å²) in [6.07, 6.45) is 5.45. The van der Waals surface area contributed by atoms with E-state index in [0.29, 0.717) is 11.7 Å². The lowest BCUT2D eigenvalue weighted by Gasteiger charge is -2.34. The SMILES string of the molecule is [C-]#[N+]c1ccccc1CN1CCC(CCN2C(=O)c3cc4c(cc3C23CC3)OCO4)CC1. The van der Waals surface area contributed by atoms with Gasteiger partial charge in [0.05, 0.1) is 12.1 Å². The average Bonchev–Trinajstić information content (AvgIpc) is 3.43. The molecule has 1 saturated carbocycles. The van der Waals surface area contributed by atoms with Crippen molar-refractivity contribution in [1.82, 2.24) is 9.80 Å². The van der Waals surface area contributed by atoms with Crippen molar-refractivity contribution >= 4 is 11.6 Å². The molecule has 3 heterocycles. The van der Waals surface area contributed by atoms with Crippen molar-refractivity contribution in [2.24, 2.45) is 5.92 Å². The Bertz CT molecular complexity index is 1110. The second-order valence-corrected chi connectivity index (χ2v) is 9.49. The lowest BCUT2D eigenvalue weighted by molar-refractivity contribution is 0.0672. The van der Waals surface area contributed by atoms with E-state index >= 15 is 0 Å². The molecule has 0 unspecified atom stereocenters. The van der Waals surface area contributed by atoms with Crippen molar-refractivity contribution in [3.05, 3.63) is 64.5 Å². The van der Waals surface area contributed by atoms with Crippen LogP contribution in [0.25, 0.3) is 4.85 Å². The molecule has 1 aliphatic carbocycles. The maximum atomic E-state index is 13.2. The smallest absolute Gasteiger partial charge is 0.255 e. The standard InChI is InChI=1S/C26H27N3O3/c1-27-22-5-3-2-4-19(22)16-28-11-6-18(7-12-28)8-13-29-25(30)20-14-23-24(32-17-31-23)15-21(20)26(29)9-10-26/h2-5,14-15,18H,6-13,16-17H2. The molecule has 3 aliphatic heterocycles. The third-order valence-corrected chi connectivity index (χ3v) is 7.70. The summed E-state index contributed by atoms with van der Waals surface area (Å²) in [5, 5.41) is 0. The summed E-state index contributed by atoms with van der Waals surface area (Å²) < 4.78 is 11.1. The summed E-state index contributed by atoms with van der Waals surface area (Å²) >= 11 is 0. The first-order valence-corrected chi connectivity index (χ1v) is 11.6. The number of carbonyl (C=O) groups excluding carboxylic acids is 1. The van der Waals surface area contributed by atoms with E-state index in [4.69, 9.17) is 16.0 Å². The van der Waals surface area contributed by atoms with E-state index in [0.717, 1.165) is 86.4 Å². The van der Waals surface area contributed by atoms with E-state index in [-0.39, 0.29) is 18.2 Å². The Morgan fingerprint density at radius 2 is 1.84 bits per heavy atom. The number of likely N-dealkylation sites (tertiary alicyclic amines) is 1. The van der Waals surface area contributed by atoms with Crippen LogP contribution in [-0.4, -0.2) is 42.1 Å². The number of ether oxygens (including phenoxy) is 2. The highest BCUT2D eigenvalue weighted by atomic mass is 16.7. The number of amides is 1. The molecule has 6 heteroatoms. The Morgan fingerprint density at radius 3 is 2.59 bits per heavy atom. The molecule has 0 aromatic heterocycles. The molecule has 0 radical (unpaired) electrons. The Morgan fingerprint density at radius 1 is 1.09 bits per heavy atom. The number of nitrogens with zero attached hydrogens (tertiary/aromatic N) is 3. The number of carbonyl (C=O) groups is 1. The molecule has 0 N–H and O–H groups in total. The van der Waals surface area contributed by atoms with Crippen LogP contribution in [-0.2, 0) is 12.1 Å². The van der Waals surface area contributed by atoms with Gasteiger partial charge in [-0.25, -0.2) is 4.85 Å². The average molecular weight is 430 g/mol. The van der Waals surface area contributed by atoms with Crippen molar-refractivity contribution in [1.29, 1.82) is 0 Å². The second-order valence-electron chi connectivity index (χ2n) is 9.49. The molecule has 6 rings (SSSR count). The Kier molecular flexibility index (Phi) is 4.62. The molecule has 2 aromatic carbocycles. The van der Waals surface area contributed by atoms with Gasteiger partial charge in [-0.05, 0) is 74.4 Å². The number of benzene rings is 2. The van der Waals surface area contributed by atoms with Gasteiger partial charge in [-0.3, -0.25) is 4.79 Å². The molecule has 0 atom stereocenters. The van der Waals surface area contributed by atoms with Gasteiger partial charge in [0.1, 0.15) is 0 Å². The molecule has 0 bridgehead atoms. The molecule has 2 aromatic rings. The topological polar surface area (TPSA) is 46.4 Å². The Balaban J connectivity index is 1.07. The fourth-order valence-corrected chi connectivity index (χ4v) is 5.70. The van der Waals surface area contributed by atoms with Crippen LogP contribution in [0.3, 0.4) is 0 Å². The maximum absolute atomic E-state index is 13.2. The summed E-state index contributed by atoms with van der Waals surface area (Å²) in [7, 11) is 0. The number of para-hydroxylation sites is 1. The van der Waals surface area contributed by atoms with Crippen LogP contribution in [0.4, 0.5) is 5.69 Å². The molecule has 4 aliphatic rings. The van der Waals surface area contributed by atoms with Gasteiger partial charge in [0.15, 0.2) is 17.2 Å². The van der Waals surface area contributed by atoms with Gasteiger partial charge in [-0.1, -0.05) is 24.3 Å². The summed E-state index contributed by atoms with van der Waals surface area (Å²) in [6, 6.07) is 11.9. The van der Waals surface area contributed by atoms with Crippen LogP contribution in [0.5, 0.6) is 11.5 Å². The minimum absolute atomic E-state index is 0.0996. The zero-order chi connectivity index (χ0) is 21.7. The predicted molar refractivity (Wildman–Crippen MR) is 120 cm³/mol. The molecule has 2 fully saturated rings. The third kappa shape index (κ3) is 3.15. The number of fused-ring (bicyclic) bond motifs is 3. The van der Waals surface area contributed by atoms with Crippen LogP contribution in [0.1, 0.15) is 53.6 Å². The van der Waals surface area contributed by atoms with Gasteiger partial charge in [-0.2, -0.15) is 0 Å². The molecule has 1 spiro atoms. The number of rotatable bonds is 5. The monoisotopic (exact) mass is 429 g/mol. The van der Waals surface area contributed by atoms with Crippen molar-refractivity contribution in [2.45, 2.75) is 44.2 Å². The quantitative estimate of drug-likeness (QED) is 0.646. The van der Waals surface area contributed by atoms with Gasteiger partial charge in [0.25, 0.3) is 5.91 Å².